The van der Waals surface area contributed by atoms with E-state index >= 15 is 0 Å². The van der Waals surface area contributed by atoms with Gasteiger partial charge in [-0.1, -0.05) is 60.7 Å². The van der Waals surface area contributed by atoms with Gasteiger partial charge in [-0.15, -0.1) is 0 Å². The molecule has 7 heteroatoms. The molecule has 4 aromatic carbocycles. The summed E-state index contributed by atoms with van der Waals surface area (Å²) in [6, 6.07) is 31.6. The number of aromatic nitrogens is 2. The number of hydrogen-bond acceptors (Lipinski definition) is 6. The summed E-state index contributed by atoms with van der Waals surface area (Å²) in [7, 11) is 0. The van der Waals surface area contributed by atoms with Gasteiger partial charge in [-0.2, -0.15) is 0 Å². The molecule has 0 radical (unpaired) electrons. The van der Waals surface area contributed by atoms with Crippen LogP contribution in [0.15, 0.2) is 97.1 Å². The van der Waals surface area contributed by atoms with E-state index in [9.17, 15) is 4.79 Å². The van der Waals surface area contributed by atoms with Gasteiger partial charge >= 0.3 is 0 Å². The molecule has 6 rings (SSSR count). The fourth-order valence-electron chi connectivity index (χ4n) is 4.96. The number of carbonyl (C=O) groups is 1. The lowest BCUT2D eigenvalue weighted by atomic mass is 10.1. The molecule has 0 unspecified atom stereocenters. The van der Waals surface area contributed by atoms with Crippen molar-refractivity contribution >= 4 is 34.1 Å². The van der Waals surface area contributed by atoms with Gasteiger partial charge in [0.15, 0.2) is 0 Å². The first-order valence-electron chi connectivity index (χ1n) is 13.5. The molecule has 40 heavy (non-hydrogen) atoms. The van der Waals surface area contributed by atoms with Crippen molar-refractivity contribution in [2.75, 3.05) is 36.9 Å². The second-order valence-electron chi connectivity index (χ2n) is 9.97. The van der Waals surface area contributed by atoms with Crippen molar-refractivity contribution < 1.29 is 9.53 Å². The van der Waals surface area contributed by atoms with Gasteiger partial charge in [-0.3, -0.25) is 9.69 Å². The van der Waals surface area contributed by atoms with Crippen LogP contribution in [0.1, 0.15) is 21.5 Å². The van der Waals surface area contributed by atoms with E-state index in [2.05, 4.69) is 27.7 Å². The summed E-state index contributed by atoms with van der Waals surface area (Å²) >= 11 is 0. The van der Waals surface area contributed by atoms with Crippen molar-refractivity contribution in [1.82, 2.24) is 14.9 Å². The van der Waals surface area contributed by atoms with Crippen LogP contribution in [0.25, 0.3) is 22.2 Å². The highest BCUT2D eigenvalue weighted by atomic mass is 16.5. The quantitative estimate of drug-likeness (QED) is 0.253. The normalized spacial score (nSPS) is 13.7. The van der Waals surface area contributed by atoms with Gasteiger partial charge in [0.25, 0.3) is 5.91 Å². The summed E-state index contributed by atoms with van der Waals surface area (Å²) in [6.45, 7) is 6.38. The highest BCUT2D eigenvalue weighted by Gasteiger charge is 2.14. The summed E-state index contributed by atoms with van der Waals surface area (Å²) in [6.07, 6.45) is 0. The number of anilines is 3. The van der Waals surface area contributed by atoms with Gasteiger partial charge < -0.3 is 15.4 Å². The fourth-order valence-corrected chi connectivity index (χ4v) is 4.96. The highest BCUT2D eigenvalue weighted by Crippen LogP contribution is 2.28. The zero-order valence-electron chi connectivity index (χ0n) is 22.4. The number of rotatable bonds is 7. The molecule has 1 aromatic heterocycles. The number of carbonyl (C=O) groups excluding carboxylic acids is 1. The molecule has 0 spiro atoms. The lowest BCUT2D eigenvalue weighted by molar-refractivity contribution is 0.0342. The molecule has 5 aromatic rings. The number of morpholine rings is 1. The standard InChI is InChI=1S/C33H31N5O2/c1-23-21-24(22-38-17-19-40-20-18-38)11-16-29(23)35-32(39)26-12-14-27(15-13-26)34-33-36-30-10-6-5-9-28(30)31(37-33)25-7-3-2-4-8-25/h2-16,21H,17-20,22H2,1H3,(H,35,39)(H,34,36,37). The van der Waals surface area contributed by atoms with Crippen LogP contribution >= 0.6 is 0 Å². The number of nitrogens with zero attached hydrogens (tertiary/aromatic N) is 3. The second-order valence-corrected chi connectivity index (χ2v) is 9.97. The van der Waals surface area contributed by atoms with E-state index in [0.29, 0.717) is 11.5 Å². The molecule has 2 heterocycles. The molecular weight excluding hydrogens is 498 g/mol. The Balaban J connectivity index is 1.15. The molecule has 1 fully saturated rings. The van der Waals surface area contributed by atoms with Gasteiger partial charge in [-0.05, 0) is 54.4 Å². The maximum atomic E-state index is 13.0. The Morgan fingerprint density at radius 1 is 0.875 bits per heavy atom. The van der Waals surface area contributed by atoms with E-state index in [1.54, 1.807) is 12.1 Å². The van der Waals surface area contributed by atoms with Crippen molar-refractivity contribution in [3.8, 4) is 11.3 Å². The lowest BCUT2D eigenvalue weighted by Crippen LogP contribution is -2.35. The molecule has 0 aliphatic carbocycles. The Labute approximate surface area is 233 Å². The van der Waals surface area contributed by atoms with E-state index < -0.39 is 0 Å². The third-order valence-electron chi connectivity index (χ3n) is 7.10. The molecule has 7 nitrogen and oxygen atoms in total. The van der Waals surface area contributed by atoms with Crippen LogP contribution in [0.2, 0.25) is 0 Å². The summed E-state index contributed by atoms with van der Waals surface area (Å²) < 4.78 is 5.44. The number of aryl methyl sites for hydroxylation is 1. The second kappa shape index (κ2) is 11.7. The number of nitrogens with one attached hydrogen (secondary N) is 2. The Morgan fingerprint density at radius 3 is 2.40 bits per heavy atom. The average molecular weight is 530 g/mol. The molecule has 0 atom stereocenters. The number of fused-ring (bicyclic) bond motifs is 1. The van der Waals surface area contributed by atoms with E-state index in [-0.39, 0.29) is 5.91 Å². The Hall–Kier alpha value is -4.59. The fraction of sp³-hybridized carbons (Fsp3) is 0.182. The number of benzene rings is 4. The molecule has 1 aliphatic heterocycles. The van der Waals surface area contributed by atoms with E-state index in [1.807, 2.05) is 79.7 Å². The SMILES string of the molecule is Cc1cc(CN2CCOCC2)ccc1NC(=O)c1ccc(Nc2nc(-c3ccccc3)c3ccccc3n2)cc1. The largest absolute Gasteiger partial charge is 0.379 e. The minimum atomic E-state index is -0.149. The smallest absolute Gasteiger partial charge is 0.255 e. The Morgan fingerprint density at radius 2 is 1.62 bits per heavy atom. The van der Waals surface area contributed by atoms with Gasteiger partial charge in [0, 0.05) is 47.5 Å². The molecule has 200 valence electrons. The van der Waals surface area contributed by atoms with E-state index in [4.69, 9.17) is 14.7 Å². The maximum Gasteiger partial charge on any atom is 0.255 e. The third-order valence-corrected chi connectivity index (χ3v) is 7.10. The summed E-state index contributed by atoms with van der Waals surface area (Å²) in [5.41, 5.74) is 7.23. The summed E-state index contributed by atoms with van der Waals surface area (Å²) in [5, 5.41) is 7.36. The van der Waals surface area contributed by atoms with Gasteiger partial charge in [0.05, 0.1) is 24.4 Å². The molecular formula is C33H31N5O2. The minimum Gasteiger partial charge on any atom is -0.379 e. The predicted molar refractivity (Wildman–Crippen MR) is 160 cm³/mol. The van der Waals surface area contributed by atoms with Crippen LogP contribution < -0.4 is 10.6 Å². The first kappa shape index (κ1) is 25.7. The minimum absolute atomic E-state index is 0.149. The lowest BCUT2D eigenvalue weighted by Gasteiger charge is -2.26. The molecule has 0 bridgehead atoms. The monoisotopic (exact) mass is 529 g/mol. The number of hydrogen-bond donors (Lipinski definition) is 2. The average Bonchev–Trinajstić information content (AvgIpc) is 2.99. The predicted octanol–water partition coefficient (Wildman–Crippen LogP) is 6.43. The maximum absolute atomic E-state index is 13.0. The summed E-state index contributed by atoms with van der Waals surface area (Å²) in [4.78, 5) is 24.9. The number of amides is 1. The Bertz CT molecular complexity index is 1630. The van der Waals surface area contributed by atoms with Gasteiger partial charge in [0.1, 0.15) is 0 Å². The molecule has 1 aliphatic rings. The topological polar surface area (TPSA) is 79.4 Å². The molecule has 1 saturated heterocycles. The van der Waals surface area contributed by atoms with Crippen molar-refractivity contribution in [3.63, 3.8) is 0 Å². The van der Waals surface area contributed by atoms with Crippen molar-refractivity contribution in [1.29, 1.82) is 0 Å². The molecule has 2 N–H and O–H groups in total. The van der Waals surface area contributed by atoms with Crippen LogP contribution in [0.4, 0.5) is 17.3 Å². The molecule has 1 amide bonds. The van der Waals surface area contributed by atoms with Crippen LogP contribution in [0.5, 0.6) is 0 Å². The zero-order valence-corrected chi connectivity index (χ0v) is 22.4. The highest BCUT2D eigenvalue weighted by molar-refractivity contribution is 6.04. The first-order valence-corrected chi connectivity index (χ1v) is 13.5. The molecule has 0 saturated carbocycles. The third kappa shape index (κ3) is 5.86. The van der Waals surface area contributed by atoms with E-state index in [0.717, 1.165) is 71.9 Å². The summed E-state index contributed by atoms with van der Waals surface area (Å²) in [5.74, 6) is 0.353. The van der Waals surface area contributed by atoms with Gasteiger partial charge in [0.2, 0.25) is 5.95 Å². The first-order chi connectivity index (χ1) is 19.6. The van der Waals surface area contributed by atoms with Crippen LogP contribution in [0.3, 0.4) is 0 Å². The van der Waals surface area contributed by atoms with Crippen LogP contribution in [0, 0.1) is 6.92 Å². The van der Waals surface area contributed by atoms with Crippen molar-refractivity contribution in [2.45, 2.75) is 13.5 Å². The van der Waals surface area contributed by atoms with Crippen molar-refractivity contribution in [3.05, 3.63) is 114 Å². The van der Waals surface area contributed by atoms with Crippen LogP contribution in [-0.2, 0) is 11.3 Å². The number of para-hydroxylation sites is 1. The van der Waals surface area contributed by atoms with E-state index in [1.165, 1.54) is 5.56 Å². The number of ether oxygens (including phenoxy) is 1. The van der Waals surface area contributed by atoms with Crippen LogP contribution in [-0.4, -0.2) is 47.1 Å². The zero-order chi connectivity index (χ0) is 27.3. The van der Waals surface area contributed by atoms with Gasteiger partial charge in [-0.25, -0.2) is 9.97 Å². The Kier molecular flexibility index (Phi) is 7.48. The van der Waals surface area contributed by atoms with Crippen molar-refractivity contribution in [2.24, 2.45) is 0 Å².